The molecule has 1 rings (SSSR count). The maximum Gasteiger partial charge on any atom is 0.140 e. The van der Waals surface area contributed by atoms with Crippen LogP contribution in [0.15, 0.2) is 24.5 Å². The lowest BCUT2D eigenvalue weighted by Crippen LogP contribution is -2.21. The van der Waals surface area contributed by atoms with Gasteiger partial charge >= 0.3 is 0 Å². The van der Waals surface area contributed by atoms with Crippen molar-refractivity contribution >= 4 is 0 Å². The molecule has 0 aliphatic heterocycles. The number of rotatable bonds is 2. The van der Waals surface area contributed by atoms with Crippen molar-refractivity contribution in [3.05, 3.63) is 30.1 Å². The third-order valence-electron chi connectivity index (χ3n) is 1.49. The first-order valence-electron chi connectivity index (χ1n) is 3.51. The van der Waals surface area contributed by atoms with Crippen LogP contribution < -0.4 is 5.73 Å². The number of pyridine rings is 1. The van der Waals surface area contributed by atoms with Gasteiger partial charge in [0, 0.05) is 18.4 Å². The minimum Gasteiger partial charge on any atom is -0.325 e. The number of alkyl halides is 1. The Morgan fingerprint density at radius 2 is 2.00 bits per heavy atom. The van der Waals surface area contributed by atoms with Crippen LogP contribution in [0.4, 0.5) is 4.39 Å². The van der Waals surface area contributed by atoms with E-state index in [1.807, 2.05) is 0 Å². The fraction of sp³-hybridized carbons (Fsp3) is 0.375. The predicted molar refractivity (Wildman–Crippen MR) is 41.7 cm³/mol. The number of halogens is 1. The molecular weight excluding hydrogens is 143 g/mol. The minimum atomic E-state index is -1.09. The highest BCUT2D eigenvalue weighted by Crippen LogP contribution is 2.18. The molecule has 0 saturated carbocycles. The summed E-state index contributed by atoms with van der Waals surface area (Å²) in [5.41, 5.74) is 5.97. The standard InChI is InChI=1S/C8H11FN2/c1-6(10)8(9)7-2-4-11-5-3-7/h2-6,8H,10H2,1H3. The Labute approximate surface area is 65.3 Å². The second kappa shape index (κ2) is 3.44. The zero-order chi connectivity index (χ0) is 8.27. The normalized spacial score (nSPS) is 15.9. The molecule has 2 unspecified atom stereocenters. The van der Waals surface area contributed by atoms with Gasteiger partial charge in [-0.15, -0.1) is 0 Å². The summed E-state index contributed by atoms with van der Waals surface area (Å²) in [4.78, 5) is 3.78. The van der Waals surface area contributed by atoms with Crippen molar-refractivity contribution in [1.29, 1.82) is 0 Å². The van der Waals surface area contributed by atoms with Crippen LogP contribution in [0, 0.1) is 0 Å². The molecule has 11 heavy (non-hydrogen) atoms. The summed E-state index contributed by atoms with van der Waals surface area (Å²) in [5, 5.41) is 0. The van der Waals surface area contributed by atoms with Crippen LogP contribution in [0.1, 0.15) is 18.7 Å². The Morgan fingerprint density at radius 3 is 2.45 bits per heavy atom. The van der Waals surface area contributed by atoms with Crippen LogP contribution in [0.5, 0.6) is 0 Å². The molecule has 60 valence electrons. The molecule has 0 spiro atoms. The SMILES string of the molecule is CC(N)C(F)c1ccncc1. The maximum atomic E-state index is 13.1. The molecule has 0 bridgehead atoms. The van der Waals surface area contributed by atoms with E-state index in [-0.39, 0.29) is 0 Å². The van der Waals surface area contributed by atoms with Crippen molar-refractivity contribution in [2.75, 3.05) is 0 Å². The van der Waals surface area contributed by atoms with Gasteiger partial charge in [0.25, 0.3) is 0 Å². The summed E-state index contributed by atoms with van der Waals surface area (Å²) in [6.07, 6.45) is 2.03. The topological polar surface area (TPSA) is 38.9 Å². The molecule has 2 N–H and O–H groups in total. The molecule has 1 aromatic heterocycles. The summed E-state index contributed by atoms with van der Waals surface area (Å²) in [7, 11) is 0. The Kier molecular flexibility index (Phi) is 2.54. The fourth-order valence-electron chi connectivity index (χ4n) is 0.851. The van der Waals surface area contributed by atoms with Gasteiger partial charge in [-0.1, -0.05) is 0 Å². The zero-order valence-electron chi connectivity index (χ0n) is 6.37. The lowest BCUT2D eigenvalue weighted by molar-refractivity contribution is 0.300. The highest BCUT2D eigenvalue weighted by Gasteiger charge is 2.13. The van der Waals surface area contributed by atoms with Gasteiger partial charge in [0.15, 0.2) is 0 Å². The first-order valence-corrected chi connectivity index (χ1v) is 3.51. The average molecular weight is 154 g/mol. The molecule has 0 amide bonds. The van der Waals surface area contributed by atoms with E-state index in [0.717, 1.165) is 0 Å². The molecule has 2 nitrogen and oxygen atoms in total. The second-order valence-corrected chi connectivity index (χ2v) is 2.54. The molecule has 2 atom stereocenters. The number of hydrogen-bond donors (Lipinski definition) is 1. The third kappa shape index (κ3) is 1.98. The van der Waals surface area contributed by atoms with E-state index < -0.39 is 12.2 Å². The maximum absolute atomic E-state index is 13.1. The van der Waals surface area contributed by atoms with Crippen LogP contribution in [0.3, 0.4) is 0 Å². The summed E-state index contributed by atoms with van der Waals surface area (Å²) in [6, 6.07) is 2.81. The highest BCUT2D eigenvalue weighted by molar-refractivity contribution is 5.14. The summed E-state index contributed by atoms with van der Waals surface area (Å²) >= 11 is 0. The lowest BCUT2D eigenvalue weighted by atomic mass is 10.1. The largest absolute Gasteiger partial charge is 0.325 e. The minimum absolute atomic E-state index is 0.461. The molecule has 0 aliphatic rings. The monoisotopic (exact) mass is 154 g/mol. The molecule has 0 saturated heterocycles. The summed E-state index contributed by atoms with van der Waals surface area (Å²) in [5.74, 6) is 0. The van der Waals surface area contributed by atoms with Gasteiger partial charge in [-0.25, -0.2) is 4.39 Å². The average Bonchev–Trinajstić information content (AvgIpc) is 2.05. The second-order valence-electron chi connectivity index (χ2n) is 2.54. The first kappa shape index (κ1) is 8.14. The predicted octanol–water partition coefficient (Wildman–Crippen LogP) is 1.44. The van der Waals surface area contributed by atoms with Gasteiger partial charge in [0.1, 0.15) is 6.17 Å². The number of hydrogen-bond acceptors (Lipinski definition) is 2. The van der Waals surface area contributed by atoms with Crippen LogP contribution in [0.25, 0.3) is 0 Å². The van der Waals surface area contributed by atoms with E-state index in [1.54, 1.807) is 31.5 Å². The van der Waals surface area contributed by atoms with Gasteiger partial charge in [0.05, 0.1) is 0 Å². The van der Waals surface area contributed by atoms with Gasteiger partial charge in [0.2, 0.25) is 0 Å². The first-order chi connectivity index (χ1) is 5.22. The van der Waals surface area contributed by atoms with Gasteiger partial charge in [-0.05, 0) is 24.6 Å². The number of nitrogens with two attached hydrogens (primary N) is 1. The Bertz CT molecular complexity index is 211. The van der Waals surface area contributed by atoms with Gasteiger partial charge < -0.3 is 5.73 Å². The van der Waals surface area contributed by atoms with Crippen molar-refractivity contribution in [2.45, 2.75) is 19.1 Å². The lowest BCUT2D eigenvalue weighted by Gasteiger charge is -2.10. The Morgan fingerprint density at radius 1 is 1.45 bits per heavy atom. The van der Waals surface area contributed by atoms with Crippen molar-refractivity contribution in [1.82, 2.24) is 4.98 Å². The van der Waals surface area contributed by atoms with E-state index in [0.29, 0.717) is 5.56 Å². The molecule has 0 aliphatic carbocycles. The fourth-order valence-corrected chi connectivity index (χ4v) is 0.851. The highest BCUT2D eigenvalue weighted by atomic mass is 19.1. The van der Waals surface area contributed by atoms with E-state index in [9.17, 15) is 4.39 Å². The summed E-state index contributed by atoms with van der Waals surface area (Å²) in [6.45, 7) is 1.64. The molecule has 3 heteroatoms. The van der Waals surface area contributed by atoms with Crippen molar-refractivity contribution in [3.63, 3.8) is 0 Å². The van der Waals surface area contributed by atoms with E-state index in [4.69, 9.17) is 5.73 Å². The molecular formula is C8H11FN2. The van der Waals surface area contributed by atoms with Crippen molar-refractivity contribution < 1.29 is 4.39 Å². The Hall–Kier alpha value is -0.960. The quantitative estimate of drug-likeness (QED) is 0.700. The van der Waals surface area contributed by atoms with Crippen LogP contribution in [-0.2, 0) is 0 Å². The third-order valence-corrected chi connectivity index (χ3v) is 1.49. The van der Waals surface area contributed by atoms with Crippen LogP contribution >= 0.6 is 0 Å². The van der Waals surface area contributed by atoms with Crippen molar-refractivity contribution in [2.24, 2.45) is 5.73 Å². The summed E-state index contributed by atoms with van der Waals surface area (Å²) < 4.78 is 13.1. The van der Waals surface area contributed by atoms with E-state index in [1.165, 1.54) is 0 Å². The zero-order valence-corrected chi connectivity index (χ0v) is 6.37. The van der Waals surface area contributed by atoms with Crippen LogP contribution in [0.2, 0.25) is 0 Å². The molecule has 1 heterocycles. The smallest absolute Gasteiger partial charge is 0.140 e. The van der Waals surface area contributed by atoms with Crippen LogP contribution in [-0.4, -0.2) is 11.0 Å². The molecule has 0 radical (unpaired) electrons. The van der Waals surface area contributed by atoms with Crippen molar-refractivity contribution in [3.8, 4) is 0 Å². The van der Waals surface area contributed by atoms with E-state index >= 15 is 0 Å². The molecule has 0 aromatic carbocycles. The Balaban J connectivity index is 2.77. The number of nitrogens with zero attached hydrogens (tertiary/aromatic N) is 1. The number of aromatic nitrogens is 1. The van der Waals surface area contributed by atoms with E-state index in [2.05, 4.69) is 4.98 Å². The van der Waals surface area contributed by atoms with Gasteiger partial charge in [-0.2, -0.15) is 0 Å². The molecule has 0 fully saturated rings. The van der Waals surface area contributed by atoms with Gasteiger partial charge in [-0.3, -0.25) is 4.98 Å². The molecule has 1 aromatic rings.